The van der Waals surface area contributed by atoms with Crippen LogP contribution in [0, 0.1) is 0 Å². The maximum atomic E-state index is 13.0. The number of methoxy groups -OCH3 is 1. The highest BCUT2D eigenvalue weighted by molar-refractivity contribution is 7.89. The molecule has 2 aliphatic heterocycles. The minimum absolute atomic E-state index is 0.0543. The number of hydrogen-bond donors (Lipinski definition) is 2. The van der Waals surface area contributed by atoms with Crippen molar-refractivity contribution >= 4 is 15.9 Å². The standard InChI is InChI=1S/C24H31N3O6S/c1-31-22-8-7-18(24(28)26-20-9-14-33-21-6-3-2-5-19(20)21)17-23(22)34(29,30)25-10-4-11-27-12-15-32-16-13-27/h2-3,5-8,17,20,25H,4,9-16H2,1H3,(H,26,28)/t20-/m1/s1. The summed E-state index contributed by atoms with van der Waals surface area (Å²) in [6, 6.07) is 11.8. The lowest BCUT2D eigenvalue weighted by molar-refractivity contribution is 0.0376. The van der Waals surface area contributed by atoms with Crippen LogP contribution in [0.1, 0.15) is 34.8 Å². The highest BCUT2D eigenvalue weighted by atomic mass is 32.2. The van der Waals surface area contributed by atoms with Gasteiger partial charge in [0, 0.05) is 37.2 Å². The third kappa shape index (κ3) is 5.87. The second-order valence-electron chi connectivity index (χ2n) is 8.27. The number of ether oxygens (including phenoxy) is 3. The van der Waals surface area contributed by atoms with Gasteiger partial charge in [-0.15, -0.1) is 0 Å². The molecule has 0 bridgehead atoms. The summed E-state index contributed by atoms with van der Waals surface area (Å²) in [6.07, 6.45) is 1.31. The van der Waals surface area contributed by atoms with Gasteiger partial charge < -0.3 is 19.5 Å². The van der Waals surface area contributed by atoms with E-state index in [1.807, 2.05) is 24.3 Å². The van der Waals surface area contributed by atoms with Crippen LogP contribution in [-0.2, 0) is 14.8 Å². The van der Waals surface area contributed by atoms with Crippen LogP contribution in [0.2, 0.25) is 0 Å². The van der Waals surface area contributed by atoms with Crippen LogP contribution in [0.3, 0.4) is 0 Å². The molecule has 0 aliphatic carbocycles. The molecule has 34 heavy (non-hydrogen) atoms. The molecule has 0 aromatic heterocycles. The Morgan fingerprint density at radius 1 is 1.15 bits per heavy atom. The molecule has 4 rings (SSSR count). The number of hydrogen-bond acceptors (Lipinski definition) is 7. The molecule has 184 valence electrons. The average molecular weight is 490 g/mol. The zero-order chi connectivity index (χ0) is 24.0. The number of para-hydroxylation sites is 1. The number of amides is 1. The molecule has 0 spiro atoms. The van der Waals surface area contributed by atoms with Gasteiger partial charge in [0.05, 0.1) is 33.0 Å². The zero-order valence-electron chi connectivity index (χ0n) is 19.3. The lowest BCUT2D eigenvalue weighted by Crippen LogP contribution is -2.38. The van der Waals surface area contributed by atoms with Crippen molar-refractivity contribution in [1.82, 2.24) is 14.9 Å². The first-order chi connectivity index (χ1) is 16.5. The van der Waals surface area contributed by atoms with E-state index in [4.69, 9.17) is 14.2 Å². The van der Waals surface area contributed by atoms with Crippen molar-refractivity contribution in [2.24, 2.45) is 0 Å². The quantitative estimate of drug-likeness (QED) is 0.519. The number of rotatable bonds is 9. The van der Waals surface area contributed by atoms with E-state index in [1.165, 1.54) is 19.2 Å². The van der Waals surface area contributed by atoms with E-state index in [1.54, 1.807) is 6.07 Å². The minimum Gasteiger partial charge on any atom is -0.495 e. The fourth-order valence-electron chi connectivity index (χ4n) is 4.17. The second kappa shape index (κ2) is 11.2. The molecule has 1 fully saturated rings. The Balaban J connectivity index is 1.43. The summed E-state index contributed by atoms with van der Waals surface area (Å²) in [6.45, 7) is 4.70. The van der Waals surface area contributed by atoms with Crippen LogP contribution in [-0.4, -0.2) is 72.3 Å². The molecule has 2 aliphatic rings. The van der Waals surface area contributed by atoms with Gasteiger partial charge in [0.15, 0.2) is 0 Å². The molecule has 10 heteroatoms. The first-order valence-electron chi connectivity index (χ1n) is 11.5. The monoisotopic (exact) mass is 489 g/mol. The van der Waals surface area contributed by atoms with Gasteiger partial charge in [-0.1, -0.05) is 18.2 Å². The summed E-state index contributed by atoms with van der Waals surface area (Å²) < 4.78 is 44.9. The van der Waals surface area contributed by atoms with Crippen LogP contribution in [0.4, 0.5) is 0 Å². The van der Waals surface area contributed by atoms with Crippen molar-refractivity contribution in [3.05, 3.63) is 53.6 Å². The van der Waals surface area contributed by atoms with Crippen LogP contribution in [0.25, 0.3) is 0 Å². The molecule has 0 unspecified atom stereocenters. The lowest BCUT2D eigenvalue weighted by Gasteiger charge is -2.26. The number of nitrogens with one attached hydrogen (secondary N) is 2. The molecule has 2 aromatic carbocycles. The van der Waals surface area contributed by atoms with Crippen LogP contribution < -0.4 is 19.5 Å². The fraction of sp³-hybridized carbons (Fsp3) is 0.458. The largest absolute Gasteiger partial charge is 0.495 e. The van der Waals surface area contributed by atoms with Crippen molar-refractivity contribution in [1.29, 1.82) is 0 Å². The molecular weight excluding hydrogens is 458 g/mol. The van der Waals surface area contributed by atoms with E-state index in [0.717, 1.165) is 30.9 Å². The Bertz CT molecular complexity index is 1100. The van der Waals surface area contributed by atoms with E-state index in [9.17, 15) is 13.2 Å². The lowest BCUT2D eigenvalue weighted by atomic mass is 10.00. The van der Waals surface area contributed by atoms with Crippen molar-refractivity contribution in [3.63, 3.8) is 0 Å². The summed E-state index contributed by atoms with van der Waals surface area (Å²) in [7, 11) is -2.45. The number of sulfonamides is 1. The number of nitrogens with zero attached hydrogens (tertiary/aromatic N) is 1. The Labute approximate surface area is 200 Å². The second-order valence-corrected chi connectivity index (χ2v) is 10.0. The van der Waals surface area contributed by atoms with E-state index in [2.05, 4.69) is 14.9 Å². The average Bonchev–Trinajstić information content (AvgIpc) is 2.87. The topological polar surface area (TPSA) is 106 Å². The summed E-state index contributed by atoms with van der Waals surface area (Å²) >= 11 is 0. The SMILES string of the molecule is COc1ccc(C(=O)N[C@@H]2CCOc3ccccc32)cc1S(=O)(=O)NCCCN1CCOCC1. The predicted octanol–water partition coefficient (Wildman–Crippen LogP) is 1.95. The third-order valence-electron chi connectivity index (χ3n) is 6.03. The summed E-state index contributed by atoms with van der Waals surface area (Å²) in [5, 5.41) is 3.01. The molecule has 9 nitrogen and oxygen atoms in total. The first-order valence-corrected chi connectivity index (χ1v) is 13.0. The number of benzene rings is 2. The molecule has 1 amide bonds. The molecule has 2 N–H and O–H groups in total. The van der Waals surface area contributed by atoms with Crippen LogP contribution in [0.5, 0.6) is 11.5 Å². The van der Waals surface area contributed by atoms with Gasteiger partial charge in [0.25, 0.3) is 5.91 Å². The number of morpholine rings is 1. The van der Waals surface area contributed by atoms with Crippen molar-refractivity contribution in [2.75, 3.05) is 53.1 Å². The minimum atomic E-state index is -3.86. The van der Waals surface area contributed by atoms with Gasteiger partial charge in [-0.25, -0.2) is 13.1 Å². The summed E-state index contributed by atoms with van der Waals surface area (Å²) in [5.74, 6) is 0.583. The molecule has 2 aromatic rings. The molecule has 2 heterocycles. The number of carbonyl (C=O) groups excluding carboxylic acids is 1. The number of fused-ring (bicyclic) bond motifs is 1. The highest BCUT2D eigenvalue weighted by Gasteiger charge is 2.25. The maximum Gasteiger partial charge on any atom is 0.251 e. The van der Waals surface area contributed by atoms with Gasteiger partial charge in [-0.2, -0.15) is 0 Å². The summed E-state index contributed by atoms with van der Waals surface area (Å²) in [5.41, 5.74) is 1.16. The zero-order valence-corrected chi connectivity index (χ0v) is 20.1. The van der Waals surface area contributed by atoms with E-state index in [-0.39, 0.29) is 34.7 Å². The maximum absolute atomic E-state index is 13.0. The Morgan fingerprint density at radius 3 is 2.74 bits per heavy atom. The van der Waals surface area contributed by atoms with Crippen LogP contribution in [0.15, 0.2) is 47.4 Å². The Kier molecular flexibility index (Phi) is 8.04. The molecular formula is C24H31N3O6S. The van der Waals surface area contributed by atoms with E-state index < -0.39 is 10.0 Å². The molecule has 0 radical (unpaired) electrons. The van der Waals surface area contributed by atoms with Gasteiger partial charge >= 0.3 is 0 Å². The third-order valence-corrected chi connectivity index (χ3v) is 7.51. The Hall–Kier alpha value is -2.66. The normalized spacial score (nSPS) is 18.6. The first kappa shape index (κ1) is 24.5. The van der Waals surface area contributed by atoms with Crippen molar-refractivity contribution in [2.45, 2.75) is 23.8 Å². The van der Waals surface area contributed by atoms with Crippen LogP contribution >= 0.6 is 0 Å². The molecule has 1 saturated heterocycles. The Morgan fingerprint density at radius 2 is 1.94 bits per heavy atom. The number of carbonyl (C=O) groups is 1. The molecule has 0 saturated carbocycles. The smallest absolute Gasteiger partial charge is 0.251 e. The van der Waals surface area contributed by atoms with Gasteiger partial charge in [-0.3, -0.25) is 9.69 Å². The van der Waals surface area contributed by atoms with E-state index in [0.29, 0.717) is 32.7 Å². The van der Waals surface area contributed by atoms with Crippen molar-refractivity contribution in [3.8, 4) is 11.5 Å². The van der Waals surface area contributed by atoms with Gasteiger partial charge in [-0.05, 0) is 37.2 Å². The summed E-state index contributed by atoms with van der Waals surface area (Å²) in [4.78, 5) is 15.2. The fourth-order valence-corrected chi connectivity index (χ4v) is 5.44. The highest BCUT2D eigenvalue weighted by Crippen LogP contribution is 2.32. The predicted molar refractivity (Wildman–Crippen MR) is 127 cm³/mol. The van der Waals surface area contributed by atoms with Crippen molar-refractivity contribution < 1.29 is 27.4 Å². The van der Waals surface area contributed by atoms with Gasteiger partial charge in [0.2, 0.25) is 10.0 Å². The van der Waals surface area contributed by atoms with Gasteiger partial charge in [0.1, 0.15) is 16.4 Å². The molecule has 1 atom stereocenters. The van der Waals surface area contributed by atoms with E-state index >= 15 is 0 Å².